The first-order valence-corrected chi connectivity index (χ1v) is 8.44. The molecule has 2 aromatic heterocycles. The SMILES string of the molecule is Cc1cc(NCc2ccccc2Cn2cccn2)nc2ccccc12. The Labute approximate surface area is 147 Å². The smallest absolute Gasteiger partial charge is 0.127 e. The summed E-state index contributed by atoms with van der Waals surface area (Å²) in [5.41, 5.74) is 4.77. The van der Waals surface area contributed by atoms with Crippen molar-refractivity contribution < 1.29 is 0 Å². The predicted octanol–water partition coefficient (Wildman–Crippen LogP) is 4.40. The number of benzene rings is 2. The van der Waals surface area contributed by atoms with Gasteiger partial charge in [0.2, 0.25) is 0 Å². The van der Waals surface area contributed by atoms with Gasteiger partial charge in [0.05, 0.1) is 12.1 Å². The van der Waals surface area contributed by atoms with E-state index in [0.29, 0.717) is 0 Å². The maximum atomic E-state index is 4.73. The molecule has 124 valence electrons. The fourth-order valence-electron chi connectivity index (χ4n) is 3.08. The summed E-state index contributed by atoms with van der Waals surface area (Å²) in [4.78, 5) is 4.73. The van der Waals surface area contributed by atoms with Crippen molar-refractivity contribution in [2.24, 2.45) is 0 Å². The first-order valence-electron chi connectivity index (χ1n) is 8.44. The van der Waals surface area contributed by atoms with E-state index in [0.717, 1.165) is 24.4 Å². The van der Waals surface area contributed by atoms with Crippen LogP contribution in [0.15, 0.2) is 73.1 Å². The number of hydrogen-bond donors (Lipinski definition) is 1. The number of pyridine rings is 1. The zero-order valence-corrected chi connectivity index (χ0v) is 14.2. The van der Waals surface area contributed by atoms with E-state index in [1.54, 1.807) is 0 Å². The quantitative estimate of drug-likeness (QED) is 0.590. The first-order chi connectivity index (χ1) is 12.3. The molecule has 0 aliphatic rings. The van der Waals surface area contributed by atoms with Gasteiger partial charge >= 0.3 is 0 Å². The van der Waals surface area contributed by atoms with E-state index >= 15 is 0 Å². The highest BCUT2D eigenvalue weighted by Gasteiger charge is 2.05. The van der Waals surface area contributed by atoms with Gasteiger partial charge < -0.3 is 5.32 Å². The average Bonchev–Trinajstić information content (AvgIpc) is 3.14. The minimum Gasteiger partial charge on any atom is -0.366 e. The summed E-state index contributed by atoms with van der Waals surface area (Å²) >= 11 is 0. The molecule has 4 nitrogen and oxygen atoms in total. The largest absolute Gasteiger partial charge is 0.366 e. The highest BCUT2D eigenvalue weighted by atomic mass is 15.3. The topological polar surface area (TPSA) is 42.7 Å². The first kappa shape index (κ1) is 15.4. The van der Waals surface area contributed by atoms with Gasteiger partial charge in [-0.25, -0.2) is 4.98 Å². The average molecular weight is 328 g/mol. The van der Waals surface area contributed by atoms with E-state index < -0.39 is 0 Å². The van der Waals surface area contributed by atoms with Gasteiger partial charge in [0.25, 0.3) is 0 Å². The summed E-state index contributed by atoms with van der Waals surface area (Å²) in [6, 6.07) is 20.7. The summed E-state index contributed by atoms with van der Waals surface area (Å²) in [6.07, 6.45) is 3.79. The van der Waals surface area contributed by atoms with Crippen molar-refractivity contribution in [1.82, 2.24) is 14.8 Å². The predicted molar refractivity (Wildman–Crippen MR) is 102 cm³/mol. The second kappa shape index (κ2) is 6.77. The lowest BCUT2D eigenvalue weighted by molar-refractivity contribution is 0.682. The van der Waals surface area contributed by atoms with Crippen LogP contribution in [0.3, 0.4) is 0 Å². The Bertz CT molecular complexity index is 990. The molecule has 4 heteroatoms. The van der Waals surface area contributed by atoms with Crippen LogP contribution in [0.25, 0.3) is 10.9 Å². The Hall–Kier alpha value is -3.14. The fraction of sp³-hybridized carbons (Fsp3) is 0.143. The van der Waals surface area contributed by atoms with E-state index in [1.807, 2.05) is 29.2 Å². The highest BCUT2D eigenvalue weighted by molar-refractivity contribution is 5.83. The Balaban J connectivity index is 1.55. The fourth-order valence-corrected chi connectivity index (χ4v) is 3.08. The molecule has 4 rings (SSSR count). The van der Waals surface area contributed by atoms with Gasteiger partial charge in [-0.05, 0) is 41.8 Å². The molecule has 0 aliphatic heterocycles. The van der Waals surface area contributed by atoms with Crippen LogP contribution in [0, 0.1) is 6.92 Å². The maximum Gasteiger partial charge on any atom is 0.127 e. The van der Waals surface area contributed by atoms with Gasteiger partial charge in [0.15, 0.2) is 0 Å². The number of rotatable bonds is 5. The van der Waals surface area contributed by atoms with Crippen LogP contribution >= 0.6 is 0 Å². The van der Waals surface area contributed by atoms with Gasteiger partial charge in [-0.1, -0.05) is 42.5 Å². The second-order valence-corrected chi connectivity index (χ2v) is 6.17. The zero-order chi connectivity index (χ0) is 17.1. The van der Waals surface area contributed by atoms with Crippen LogP contribution in [0.5, 0.6) is 0 Å². The Kier molecular flexibility index (Phi) is 4.17. The Morgan fingerprint density at radius 1 is 0.960 bits per heavy atom. The van der Waals surface area contributed by atoms with E-state index in [-0.39, 0.29) is 0 Å². The van der Waals surface area contributed by atoms with Crippen LogP contribution in [0.2, 0.25) is 0 Å². The molecule has 0 unspecified atom stereocenters. The number of nitrogens with one attached hydrogen (secondary N) is 1. The molecule has 2 aromatic carbocycles. The number of anilines is 1. The summed E-state index contributed by atoms with van der Waals surface area (Å²) in [5.74, 6) is 0.907. The molecular weight excluding hydrogens is 308 g/mol. The summed E-state index contributed by atoms with van der Waals surface area (Å²) in [7, 11) is 0. The number of hydrogen-bond acceptors (Lipinski definition) is 3. The molecular formula is C21H20N4. The molecule has 0 amide bonds. The second-order valence-electron chi connectivity index (χ2n) is 6.17. The molecule has 2 heterocycles. The van der Waals surface area contributed by atoms with Crippen LogP contribution in [0.1, 0.15) is 16.7 Å². The lowest BCUT2D eigenvalue weighted by atomic mass is 10.1. The third-order valence-corrected chi connectivity index (χ3v) is 4.39. The van der Waals surface area contributed by atoms with E-state index in [1.165, 1.54) is 22.1 Å². The normalized spacial score (nSPS) is 10.9. The minimum absolute atomic E-state index is 0.738. The summed E-state index contributed by atoms with van der Waals surface area (Å²) in [6.45, 7) is 3.64. The maximum absolute atomic E-state index is 4.73. The Morgan fingerprint density at radius 3 is 2.60 bits per heavy atom. The van der Waals surface area contributed by atoms with Crippen molar-refractivity contribution in [3.63, 3.8) is 0 Å². The number of aryl methyl sites for hydroxylation is 1. The van der Waals surface area contributed by atoms with E-state index in [2.05, 4.69) is 65.9 Å². The number of fused-ring (bicyclic) bond motifs is 1. The van der Waals surface area contributed by atoms with Gasteiger partial charge in [0, 0.05) is 24.3 Å². The molecule has 0 bridgehead atoms. The van der Waals surface area contributed by atoms with Crippen LogP contribution < -0.4 is 5.32 Å². The van der Waals surface area contributed by atoms with Crippen molar-refractivity contribution in [3.8, 4) is 0 Å². The molecule has 0 fully saturated rings. The van der Waals surface area contributed by atoms with Crippen molar-refractivity contribution >= 4 is 16.7 Å². The molecule has 0 saturated carbocycles. The minimum atomic E-state index is 0.738. The van der Waals surface area contributed by atoms with Crippen molar-refractivity contribution in [3.05, 3.63) is 89.7 Å². The van der Waals surface area contributed by atoms with Crippen LogP contribution in [-0.2, 0) is 13.1 Å². The molecule has 1 N–H and O–H groups in total. The van der Waals surface area contributed by atoms with Crippen LogP contribution in [-0.4, -0.2) is 14.8 Å². The molecule has 25 heavy (non-hydrogen) atoms. The van der Waals surface area contributed by atoms with E-state index in [4.69, 9.17) is 4.98 Å². The van der Waals surface area contributed by atoms with E-state index in [9.17, 15) is 0 Å². The van der Waals surface area contributed by atoms with Crippen molar-refractivity contribution in [1.29, 1.82) is 0 Å². The number of para-hydroxylation sites is 1. The molecule has 0 atom stereocenters. The van der Waals surface area contributed by atoms with Crippen molar-refractivity contribution in [2.75, 3.05) is 5.32 Å². The molecule has 4 aromatic rings. The number of nitrogens with zero attached hydrogens (tertiary/aromatic N) is 3. The molecule has 0 saturated heterocycles. The standard InChI is InChI=1S/C21H20N4/c1-16-13-21(24-20-10-5-4-9-19(16)20)22-14-17-7-2-3-8-18(17)15-25-12-6-11-23-25/h2-13H,14-15H2,1H3,(H,22,24). The van der Waals surface area contributed by atoms with Gasteiger partial charge in [-0.2, -0.15) is 5.10 Å². The summed E-state index contributed by atoms with van der Waals surface area (Å²) in [5, 5.41) is 8.97. The Morgan fingerprint density at radius 2 is 1.76 bits per heavy atom. The third-order valence-electron chi connectivity index (χ3n) is 4.39. The lowest BCUT2D eigenvalue weighted by Gasteiger charge is -2.12. The van der Waals surface area contributed by atoms with Gasteiger partial charge in [-0.3, -0.25) is 4.68 Å². The lowest BCUT2D eigenvalue weighted by Crippen LogP contribution is -2.08. The highest BCUT2D eigenvalue weighted by Crippen LogP contribution is 2.20. The third kappa shape index (κ3) is 3.38. The summed E-state index contributed by atoms with van der Waals surface area (Å²) < 4.78 is 1.94. The molecule has 0 spiro atoms. The van der Waals surface area contributed by atoms with Crippen LogP contribution in [0.4, 0.5) is 5.82 Å². The van der Waals surface area contributed by atoms with Gasteiger partial charge in [0.1, 0.15) is 5.82 Å². The van der Waals surface area contributed by atoms with Gasteiger partial charge in [-0.15, -0.1) is 0 Å². The monoisotopic (exact) mass is 328 g/mol. The molecule has 0 radical (unpaired) electrons. The molecule has 0 aliphatic carbocycles. The van der Waals surface area contributed by atoms with Crippen molar-refractivity contribution in [2.45, 2.75) is 20.0 Å². The number of aromatic nitrogens is 3. The zero-order valence-electron chi connectivity index (χ0n) is 14.2.